The molecule has 3 nitrogen and oxygen atoms in total. The van der Waals surface area contributed by atoms with Crippen molar-refractivity contribution in [1.29, 1.82) is 0 Å². The summed E-state index contributed by atoms with van der Waals surface area (Å²) >= 11 is -3.11. The Morgan fingerprint density at radius 1 is 0.909 bits per heavy atom. The second-order valence-corrected chi connectivity index (χ2v) is 5.95. The van der Waals surface area contributed by atoms with Crippen LogP contribution in [0.4, 0.5) is 0 Å². The molecule has 0 spiro atoms. The summed E-state index contributed by atoms with van der Waals surface area (Å²) in [5.41, 5.74) is 0. The molecule has 0 heterocycles. The Kier molecular flexibility index (Phi) is 6.72. The Morgan fingerprint density at radius 3 is 1.36 bits per heavy atom. The van der Waals surface area contributed by atoms with Gasteiger partial charge < -0.3 is 0 Å². The molecule has 0 amide bonds. The Balaban J connectivity index is 3.79. The van der Waals surface area contributed by atoms with Crippen LogP contribution in [0.3, 0.4) is 0 Å². The summed E-state index contributed by atoms with van der Waals surface area (Å²) < 4.78 is 15.6. The molecule has 0 atom stereocenters. The third-order valence-corrected chi connectivity index (χ3v) is 4.71. The molecule has 0 N–H and O–H groups in total. The van der Waals surface area contributed by atoms with E-state index in [0.717, 1.165) is 0 Å². The standard InChI is InChI=1S/3C2H5O.ClH.V/c3*1-2-3;;/h3*2H2,1H3;1H;/q3*-1;;+4/p-1. The van der Waals surface area contributed by atoms with E-state index < -0.39 is 14.1 Å². The van der Waals surface area contributed by atoms with Crippen LogP contribution in [-0.4, -0.2) is 19.8 Å². The predicted octanol–water partition coefficient (Wildman–Crippen LogP) is 2.15. The van der Waals surface area contributed by atoms with Crippen molar-refractivity contribution in [2.24, 2.45) is 0 Å². The first-order valence-electron chi connectivity index (χ1n) is 3.70. The average molecular weight is 222 g/mol. The van der Waals surface area contributed by atoms with E-state index >= 15 is 0 Å². The zero-order valence-corrected chi connectivity index (χ0v) is 9.32. The van der Waals surface area contributed by atoms with Crippen molar-refractivity contribution in [3.8, 4) is 0 Å². The van der Waals surface area contributed by atoms with Crippen molar-refractivity contribution in [2.45, 2.75) is 20.8 Å². The van der Waals surface area contributed by atoms with Gasteiger partial charge in [0.05, 0.1) is 0 Å². The summed E-state index contributed by atoms with van der Waals surface area (Å²) in [5.74, 6) is 0. The third-order valence-electron chi connectivity index (χ3n) is 0.850. The molecule has 0 aromatic carbocycles. The van der Waals surface area contributed by atoms with Crippen LogP contribution in [0.25, 0.3) is 0 Å². The van der Waals surface area contributed by atoms with Gasteiger partial charge in [0.15, 0.2) is 0 Å². The van der Waals surface area contributed by atoms with Gasteiger partial charge in [0.1, 0.15) is 0 Å². The first-order valence-corrected chi connectivity index (χ1v) is 7.34. The third kappa shape index (κ3) is 5.07. The molecule has 0 rings (SSSR count). The summed E-state index contributed by atoms with van der Waals surface area (Å²) in [6.45, 7) is 7.23. The summed E-state index contributed by atoms with van der Waals surface area (Å²) in [6, 6.07) is 0. The summed E-state index contributed by atoms with van der Waals surface area (Å²) in [5, 5.41) is 0. The molecule has 0 unspecified atom stereocenters. The SMILES string of the molecule is CC[O][V]([Cl])([O]CC)[O]CC. The monoisotopic (exact) mass is 221 g/mol. The van der Waals surface area contributed by atoms with Gasteiger partial charge >= 0.3 is 75.5 Å². The fourth-order valence-electron chi connectivity index (χ4n) is 0.574. The second kappa shape index (κ2) is 6.29. The summed E-state index contributed by atoms with van der Waals surface area (Å²) in [4.78, 5) is 0. The van der Waals surface area contributed by atoms with E-state index in [4.69, 9.17) is 20.8 Å². The first-order chi connectivity index (χ1) is 5.18. The molecule has 0 aliphatic carbocycles. The molecule has 0 saturated heterocycles. The number of hydrogen-bond acceptors (Lipinski definition) is 3. The van der Waals surface area contributed by atoms with Crippen LogP contribution >= 0.6 is 9.85 Å². The van der Waals surface area contributed by atoms with E-state index in [9.17, 15) is 0 Å². The van der Waals surface area contributed by atoms with Gasteiger partial charge in [-0.25, -0.2) is 0 Å². The van der Waals surface area contributed by atoms with E-state index in [1.165, 1.54) is 0 Å². The van der Waals surface area contributed by atoms with Crippen molar-refractivity contribution >= 4 is 9.85 Å². The fourth-order valence-corrected chi connectivity index (χ4v) is 3.58. The van der Waals surface area contributed by atoms with Gasteiger partial charge in [0.2, 0.25) is 0 Å². The molecule has 0 fully saturated rings. The van der Waals surface area contributed by atoms with E-state index in [-0.39, 0.29) is 0 Å². The molecule has 11 heavy (non-hydrogen) atoms. The summed E-state index contributed by atoms with van der Waals surface area (Å²) in [7, 11) is 5.94. The van der Waals surface area contributed by atoms with Crippen LogP contribution in [0, 0.1) is 0 Å². The normalized spacial score (nSPS) is 12.0. The van der Waals surface area contributed by atoms with Crippen molar-refractivity contribution < 1.29 is 25.1 Å². The number of hydrogen-bond donors (Lipinski definition) is 0. The molecule has 0 aliphatic rings. The van der Waals surface area contributed by atoms with Crippen molar-refractivity contribution in [3.05, 3.63) is 0 Å². The molecule has 5 heteroatoms. The molecule has 0 radical (unpaired) electrons. The van der Waals surface area contributed by atoms with Gasteiger partial charge in [-0.05, 0) is 0 Å². The number of halogens is 1. The van der Waals surface area contributed by atoms with E-state index in [2.05, 4.69) is 0 Å². The van der Waals surface area contributed by atoms with Crippen molar-refractivity contribution in [1.82, 2.24) is 0 Å². The topological polar surface area (TPSA) is 27.7 Å². The van der Waals surface area contributed by atoms with E-state index in [1.807, 2.05) is 20.8 Å². The van der Waals surface area contributed by atoms with Crippen LogP contribution in [0.2, 0.25) is 0 Å². The zero-order chi connectivity index (χ0) is 8.74. The van der Waals surface area contributed by atoms with E-state index in [1.54, 1.807) is 0 Å². The van der Waals surface area contributed by atoms with Crippen LogP contribution in [0.1, 0.15) is 20.8 Å². The summed E-state index contributed by atoms with van der Waals surface area (Å²) in [6.07, 6.45) is 0. The molecule has 0 aromatic heterocycles. The van der Waals surface area contributed by atoms with Gasteiger partial charge in [-0.3, -0.25) is 0 Å². The Bertz CT molecular complexity index is 84.8. The van der Waals surface area contributed by atoms with Gasteiger partial charge in [-0.1, -0.05) is 0 Å². The number of rotatable bonds is 6. The van der Waals surface area contributed by atoms with Gasteiger partial charge in [-0.2, -0.15) is 0 Å². The minimum atomic E-state index is -3.11. The Labute approximate surface area is 75.8 Å². The average Bonchev–Trinajstić information content (AvgIpc) is 1.88. The molecular weight excluding hydrogens is 206 g/mol. The van der Waals surface area contributed by atoms with Crippen LogP contribution in [0.15, 0.2) is 0 Å². The molecule has 0 aromatic rings. The quantitative estimate of drug-likeness (QED) is 0.688. The second-order valence-electron chi connectivity index (χ2n) is 1.68. The molecule has 0 saturated carbocycles. The fraction of sp³-hybridized carbons (Fsp3) is 1.00. The van der Waals surface area contributed by atoms with Crippen molar-refractivity contribution in [2.75, 3.05) is 19.8 Å². The van der Waals surface area contributed by atoms with Gasteiger partial charge in [0.25, 0.3) is 0 Å². The van der Waals surface area contributed by atoms with Crippen LogP contribution in [-0.2, 0) is 25.1 Å². The van der Waals surface area contributed by atoms with Crippen LogP contribution < -0.4 is 0 Å². The minimum absolute atomic E-state index is 0.538. The Morgan fingerprint density at radius 2 is 1.18 bits per heavy atom. The molecule has 0 bridgehead atoms. The maximum atomic E-state index is 5.94. The molecule has 69 valence electrons. The predicted molar refractivity (Wildman–Crippen MR) is 40.7 cm³/mol. The first kappa shape index (κ1) is 11.8. The van der Waals surface area contributed by atoms with Crippen LogP contribution in [0.5, 0.6) is 0 Å². The molecule has 0 aliphatic heterocycles. The van der Waals surface area contributed by atoms with Gasteiger partial charge in [-0.15, -0.1) is 0 Å². The zero-order valence-electron chi connectivity index (χ0n) is 7.17. The molecular formula is C6H15ClO3V. The van der Waals surface area contributed by atoms with Gasteiger partial charge in [0, 0.05) is 0 Å². The maximum absolute atomic E-state index is 5.94. The van der Waals surface area contributed by atoms with Crippen molar-refractivity contribution in [3.63, 3.8) is 0 Å². The van der Waals surface area contributed by atoms with E-state index in [0.29, 0.717) is 19.8 Å². The Hall–Kier alpha value is 0.754.